The molecule has 1 fully saturated rings. The first-order valence-electron chi connectivity index (χ1n) is 16.2. The lowest BCUT2D eigenvalue weighted by Gasteiger charge is -2.43. The molecule has 4 aromatic rings. The molecule has 0 unspecified atom stereocenters. The molecule has 0 saturated carbocycles. The number of para-hydroxylation sites is 3. The zero-order chi connectivity index (χ0) is 30.5. The SMILES string of the molecule is CCC1(CC)CC(C)(C)N(c2c(C(C)C)cccc2C(C)C)[C]1c1ccc(N2c3ccccc3Sc3ccccc32)cc1. The number of rotatable bonds is 7. The third-order valence-corrected chi connectivity index (χ3v) is 11.0. The lowest BCUT2D eigenvalue weighted by molar-refractivity contribution is 0.284. The molecule has 1 saturated heterocycles. The number of hydrogen-bond donors (Lipinski definition) is 0. The van der Waals surface area contributed by atoms with Crippen LogP contribution in [0.15, 0.2) is 101 Å². The second-order valence-corrected chi connectivity index (χ2v) is 14.8. The van der Waals surface area contributed by atoms with Gasteiger partial charge in [0.25, 0.3) is 0 Å². The number of fused-ring (bicyclic) bond motifs is 2. The van der Waals surface area contributed by atoms with Gasteiger partial charge in [-0.3, -0.25) is 0 Å². The number of benzene rings is 4. The van der Waals surface area contributed by atoms with Crippen molar-refractivity contribution in [1.82, 2.24) is 0 Å². The standard InChI is InChI=1S/C40H47N2S/c1-9-40(10-2)26-39(7,8)42(37-31(27(3)4)16-15-17-32(37)28(5)6)38(40)29-22-24-30(25-23-29)41-33-18-11-13-20-35(33)43-36-21-14-12-19-34(36)41/h11-25,27-28H,9-10,26H2,1-8H3. The maximum Gasteiger partial charge on any atom is 0.0994 e. The lowest BCUT2D eigenvalue weighted by atomic mass is 9.71. The fourth-order valence-corrected chi connectivity index (χ4v) is 8.79. The molecular weight excluding hydrogens is 541 g/mol. The van der Waals surface area contributed by atoms with Gasteiger partial charge in [-0.05, 0) is 98.0 Å². The van der Waals surface area contributed by atoms with Crippen LogP contribution >= 0.6 is 11.8 Å². The van der Waals surface area contributed by atoms with E-state index in [1.165, 1.54) is 55.3 Å². The van der Waals surface area contributed by atoms with Crippen molar-refractivity contribution in [3.8, 4) is 0 Å². The average Bonchev–Trinajstić information content (AvgIpc) is 3.26. The maximum absolute atomic E-state index is 2.78. The highest BCUT2D eigenvalue weighted by Crippen LogP contribution is 2.61. The molecule has 4 aromatic carbocycles. The van der Waals surface area contributed by atoms with Gasteiger partial charge in [0.05, 0.1) is 17.4 Å². The van der Waals surface area contributed by atoms with Crippen LogP contribution in [0, 0.1) is 11.5 Å². The van der Waals surface area contributed by atoms with Crippen LogP contribution in [-0.2, 0) is 0 Å². The smallest absolute Gasteiger partial charge is 0.0994 e. The Morgan fingerprint density at radius 2 is 1.19 bits per heavy atom. The van der Waals surface area contributed by atoms with Gasteiger partial charge >= 0.3 is 0 Å². The Morgan fingerprint density at radius 1 is 0.674 bits per heavy atom. The Balaban J connectivity index is 1.51. The Hall–Kier alpha value is -3.17. The summed E-state index contributed by atoms with van der Waals surface area (Å²) >= 11 is 1.86. The molecule has 0 bridgehead atoms. The normalized spacial score (nSPS) is 17.4. The van der Waals surface area contributed by atoms with Crippen LogP contribution in [0.25, 0.3) is 0 Å². The number of nitrogens with zero attached hydrogens (tertiary/aromatic N) is 2. The largest absolute Gasteiger partial charge is 0.353 e. The van der Waals surface area contributed by atoms with Gasteiger partial charge in [0, 0.05) is 32.1 Å². The maximum atomic E-state index is 2.78. The molecule has 223 valence electrons. The molecule has 6 rings (SSSR count). The van der Waals surface area contributed by atoms with Gasteiger partial charge in [-0.25, -0.2) is 0 Å². The molecule has 0 aromatic heterocycles. The monoisotopic (exact) mass is 587 g/mol. The zero-order valence-electron chi connectivity index (χ0n) is 27.2. The summed E-state index contributed by atoms with van der Waals surface area (Å²) in [6.45, 7) is 19.1. The summed E-state index contributed by atoms with van der Waals surface area (Å²) in [6.07, 6.45) is 3.41. The first kappa shape index (κ1) is 29.9. The molecule has 2 heterocycles. The van der Waals surface area contributed by atoms with Crippen molar-refractivity contribution in [2.75, 3.05) is 9.80 Å². The van der Waals surface area contributed by atoms with Crippen molar-refractivity contribution in [3.63, 3.8) is 0 Å². The van der Waals surface area contributed by atoms with Gasteiger partial charge in [0.15, 0.2) is 0 Å². The predicted octanol–water partition coefficient (Wildman–Crippen LogP) is 12.2. The van der Waals surface area contributed by atoms with Gasteiger partial charge in [-0.1, -0.05) is 108 Å². The second kappa shape index (κ2) is 11.4. The van der Waals surface area contributed by atoms with Crippen LogP contribution in [0.3, 0.4) is 0 Å². The molecular formula is C40H47N2S. The van der Waals surface area contributed by atoms with Gasteiger partial charge < -0.3 is 9.80 Å². The van der Waals surface area contributed by atoms with Crippen LogP contribution in [0.4, 0.5) is 22.7 Å². The van der Waals surface area contributed by atoms with E-state index in [-0.39, 0.29) is 11.0 Å². The minimum Gasteiger partial charge on any atom is -0.353 e. The van der Waals surface area contributed by atoms with E-state index in [4.69, 9.17) is 0 Å². The Labute approximate surface area is 264 Å². The van der Waals surface area contributed by atoms with Crippen molar-refractivity contribution in [2.45, 2.75) is 102 Å². The third-order valence-electron chi connectivity index (χ3n) is 9.85. The Morgan fingerprint density at radius 3 is 1.67 bits per heavy atom. The molecule has 0 atom stereocenters. The summed E-state index contributed by atoms with van der Waals surface area (Å²) in [6, 6.07) is 35.6. The quantitative estimate of drug-likeness (QED) is 0.187. The van der Waals surface area contributed by atoms with Gasteiger partial charge in [0.1, 0.15) is 0 Å². The summed E-state index contributed by atoms with van der Waals surface area (Å²) in [5.41, 5.74) is 9.51. The molecule has 0 amide bonds. The molecule has 2 aliphatic rings. The predicted molar refractivity (Wildman–Crippen MR) is 186 cm³/mol. The highest BCUT2D eigenvalue weighted by atomic mass is 32.2. The Bertz CT molecular complexity index is 1520. The van der Waals surface area contributed by atoms with E-state index in [1.54, 1.807) is 0 Å². The van der Waals surface area contributed by atoms with E-state index in [1.807, 2.05) is 11.8 Å². The van der Waals surface area contributed by atoms with E-state index in [0.717, 1.165) is 19.3 Å². The molecule has 1 radical (unpaired) electrons. The minimum absolute atomic E-state index is 0.00334. The molecule has 0 spiro atoms. The average molecular weight is 588 g/mol. The topological polar surface area (TPSA) is 6.48 Å². The molecule has 2 nitrogen and oxygen atoms in total. The van der Waals surface area contributed by atoms with Crippen LogP contribution in [0.2, 0.25) is 0 Å². The second-order valence-electron chi connectivity index (χ2n) is 13.7. The van der Waals surface area contributed by atoms with Crippen molar-refractivity contribution < 1.29 is 0 Å². The first-order chi connectivity index (χ1) is 20.6. The first-order valence-corrected chi connectivity index (χ1v) is 17.0. The van der Waals surface area contributed by atoms with E-state index < -0.39 is 0 Å². The van der Waals surface area contributed by atoms with E-state index >= 15 is 0 Å². The molecule has 2 aliphatic heterocycles. The van der Waals surface area contributed by atoms with Gasteiger partial charge in [0.2, 0.25) is 0 Å². The van der Waals surface area contributed by atoms with Crippen LogP contribution in [-0.4, -0.2) is 5.54 Å². The summed E-state index contributed by atoms with van der Waals surface area (Å²) in [4.78, 5) is 7.81. The van der Waals surface area contributed by atoms with E-state index in [2.05, 4.69) is 156 Å². The third kappa shape index (κ3) is 4.98. The fourth-order valence-electron chi connectivity index (χ4n) is 7.74. The minimum atomic E-state index is -0.00334. The number of hydrogen-bond acceptors (Lipinski definition) is 3. The van der Waals surface area contributed by atoms with Crippen molar-refractivity contribution in [1.29, 1.82) is 0 Å². The lowest BCUT2D eigenvalue weighted by Crippen LogP contribution is -2.42. The van der Waals surface area contributed by atoms with Crippen LogP contribution in [0.5, 0.6) is 0 Å². The zero-order valence-corrected chi connectivity index (χ0v) is 28.1. The highest BCUT2D eigenvalue weighted by Gasteiger charge is 2.56. The fraction of sp³-hybridized carbons (Fsp3) is 0.375. The van der Waals surface area contributed by atoms with Crippen molar-refractivity contribution >= 4 is 34.5 Å². The molecule has 3 heteroatoms. The van der Waals surface area contributed by atoms with Crippen molar-refractivity contribution in [3.05, 3.63) is 114 Å². The van der Waals surface area contributed by atoms with Gasteiger partial charge in [-0.2, -0.15) is 0 Å². The summed E-state index contributed by atoms with van der Waals surface area (Å²) in [7, 11) is 0. The molecule has 0 N–H and O–H groups in total. The van der Waals surface area contributed by atoms with Crippen molar-refractivity contribution in [2.24, 2.45) is 5.41 Å². The van der Waals surface area contributed by atoms with Gasteiger partial charge in [-0.15, -0.1) is 0 Å². The molecule has 0 aliphatic carbocycles. The highest BCUT2D eigenvalue weighted by molar-refractivity contribution is 7.99. The summed E-state index contributed by atoms with van der Waals surface area (Å²) < 4.78 is 0. The summed E-state index contributed by atoms with van der Waals surface area (Å²) in [5, 5.41) is 0. The summed E-state index contributed by atoms with van der Waals surface area (Å²) in [5.74, 6) is 0.895. The van der Waals surface area contributed by atoms with Crippen LogP contribution < -0.4 is 9.80 Å². The van der Waals surface area contributed by atoms with Crippen LogP contribution in [0.1, 0.15) is 103 Å². The van der Waals surface area contributed by atoms with E-state index in [0.29, 0.717) is 11.8 Å². The van der Waals surface area contributed by atoms with E-state index in [9.17, 15) is 0 Å². The number of anilines is 4. The molecule has 43 heavy (non-hydrogen) atoms. The Kier molecular flexibility index (Phi) is 7.92.